The number of hydrogen-bond acceptors (Lipinski definition) is 6. The fraction of sp³-hybridized carbons (Fsp3) is 0.300. The lowest BCUT2D eigenvalue weighted by atomic mass is 10.1. The summed E-state index contributed by atoms with van der Waals surface area (Å²) in [6, 6.07) is 7.78. The third-order valence-corrected chi connectivity index (χ3v) is 5.75. The largest absolute Gasteiger partial charge is 0.377 e. The van der Waals surface area contributed by atoms with Crippen LogP contribution in [0.25, 0.3) is 10.3 Å². The molecular weight excluding hydrogens is 408 g/mol. The second kappa shape index (κ2) is 9.73. The van der Waals surface area contributed by atoms with Crippen molar-refractivity contribution in [3.8, 4) is 0 Å². The van der Waals surface area contributed by atoms with E-state index in [1.165, 1.54) is 22.2 Å². The number of fused-ring (bicyclic) bond motifs is 1. The van der Waals surface area contributed by atoms with Crippen LogP contribution in [0.5, 0.6) is 0 Å². The number of hydrogen-bond donors (Lipinski definition) is 1. The zero-order chi connectivity index (χ0) is 20.8. The first-order chi connectivity index (χ1) is 14.0. The van der Waals surface area contributed by atoms with E-state index in [1.54, 1.807) is 10.6 Å². The molecule has 0 spiro atoms. The standard InChI is InChI=1S/C20H22N4O3S2/c1-3-9-24-18-17(29-20(24)28)19(26)23(13-22-18)11-16(25)21-10-14-7-5-6-8-15(14)12-27-4-2/h3,5-8,13H,1,4,9-12H2,2H3,(H,21,25). The second-order valence-corrected chi connectivity index (χ2v) is 7.92. The first-order valence-electron chi connectivity index (χ1n) is 9.16. The first-order valence-corrected chi connectivity index (χ1v) is 10.4. The number of allylic oxidation sites excluding steroid dienone is 1. The van der Waals surface area contributed by atoms with Gasteiger partial charge >= 0.3 is 0 Å². The summed E-state index contributed by atoms with van der Waals surface area (Å²) in [5.74, 6) is -0.270. The molecule has 29 heavy (non-hydrogen) atoms. The molecule has 0 aliphatic carbocycles. The van der Waals surface area contributed by atoms with Gasteiger partial charge < -0.3 is 14.6 Å². The van der Waals surface area contributed by atoms with Gasteiger partial charge in [-0.05, 0) is 30.3 Å². The molecule has 0 unspecified atom stereocenters. The van der Waals surface area contributed by atoms with E-state index >= 15 is 0 Å². The van der Waals surface area contributed by atoms with Crippen LogP contribution in [0.2, 0.25) is 0 Å². The van der Waals surface area contributed by atoms with E-state index in [1.807, 2.05) is 31.2 Å². The van der Waals surface area contributed by atoms with Crippen LogP contribution in [0.4, 0.5) is 0 Å². The van der Waals surface area contributed by atoms with Gasteiger partial charge in [-0.15, -0.1) is 6.58 Å². The Bertz CT molecular complexity index is 1150. The molecule has 0 radical (unpaired) electrons. The molecule has 152 valence electrons. The van der Waals surface area contributed by atoms with E-state index in [9.17, 15) is 9.59 Å². The van der Waals surface area contributed by atoms with Crippen molar-refractivity contribution >= 4 is 39.8 Å². The molecule has 0 bridgehead atoms. The van der Waals surface area contributed by atoms with Gasteiger partial charge in [0, 0.05) is 19.7 Å². The van der Waals surface area contributed by atoms with Gasteiger partial charge in [0.15, 0.2) is 9.60 Å². The second-order valence-electron chi connectivity index (χ2n) is 6.28. The van der Waals surface area contributed by atoms with Gasteiger partial charge in [0.2, 0.25) is 5.91 Å². The summed E-state index contributed by atoms with van der Waals surface area (Å²) < 4.78 is 9.51. The fourth-order valence-electron chi connectivity index (χ4n) is 2.86. The quantitative estimate of drug-likeness (QED) is 0.417. The molecule has 2 heterocycles. The number of nitrogens with one attached hydrogen (secondary N) is 1. The molecule has 0 saturated heterocycles. The van der Waals surface area contributed by atoms with Crippen LogP contribution in [0.1, 0.15) is 18.1 Å². The maximum atomic E-state index is 12.7. The summed E-state index contributed by atoms with van der Waals surface area (Å²) in [6.45, 7) is 7.49. The lowest BCUT2D eigenvalue weighted by Gasteiger charge is -2.11. The summed E-state index contributed by atoms with van der Waals surface area (Å²) in [4.78, 5) is 29.5. The van der Waals surface area contributed by atoms with E-state index in [2.05, 4.69) is 16.9 Å². The normalized spacial score (nSPS) is 10.9. The summed E-state index contributed by atoms with van der Waals surface area (Å²) in [5, 5.41) is 2.86. The molecule has 0 aliphatic rings. The Morgan fingerprint density at radius 3 is 2.86 bits per heavy atom. The molecule has 0 saturated carbocycles. The zero-order valence-corrected chi connectivity index (χ0v) is 17.7. The van der Waals surface area contributed by atoms with E-state index in [4.69, 9.17) is 17.0 Å². The zero-order valence-electron chi connectivity index (χ0n) is 16.1. The number of amides is 1. The monoisotopic (exact) mass is 430 g/mol. The molecule has 1 N–H and O–H groups in total. The SMILES string of the molecule is C=CCn1c(=S)sc2c(=O)n(CC(=O)NCc3ccccc3COCC)cnc21. The van der Waals surface area contributed by atoms with E-state index in [0.717, 1.165) is 11.1 Å². The van der Waals surface area contributed by atoms with Crippen LogP contribution in [0, 0.1) is 3.95 Å². The molecular formula is C20H22N4O3S2. The Kier molecular flexibility index (Phi) is 7.08. The minimum Gasteiger partial charge on any atom is -0.377 e. The highest BCUT2D eigenvalue weighted by Crippen LogP contribution is 2.17. The van der Waals surface area contributed by atoms with Crippen molar-refractivity contribution in [2.24, 2.45) is 0 Å². The van der Waals surface area contributed by atoms with E-state index < -0.39 is 0 Å². The van der Waals surface area contributed by atoms with Crippen LogP contribution in [0.3, 0.4) is 0 Å². The number of ether oxygens (including phenoxy) is 1. The van der Waals surface area contributed by atoms with Crippen molar-refractivity contribution in [3.05, 3.63) is 68.7 Å². The van der Waals surface area contributed by atoms with Crippen molar-refractivity contribution in [1.29, 1.82) is 0 Å². The minimum atomic E-state index is -0.277. The number of rotatable bonds is 9. The highest BCUT2D eigenvalue weighted by Gasteiger charge is 2.13. The topological polar surface area (TPSA) is 78.2 Å². The highest BCUT2D eigenvalue weighted by molar-refractivity contribution is 7.73. The molecule has 7 nitrogen and oxygen atoms in total. The third-order valence-electron chi connectivity index (χ3n) is 4.32. The number of thiazole rings is 1. The molecule has 1 amide bonds. The summed E-state index contributed by atoms with van der Waals surface area (Å²) >= 11 is 6.50. The van der Waals surface area contributed by atoms with Crippen molar-refractivity contribution in [1.82, 2.24) is 19.4 Å². The molecule has 2 aromatic heterocycles. The number of benzene rings is 1. The number of nitrogens with zero attached hydrogens (tertiary/aromatic N) is 3. The van der Waals surface area contributed by atoms with Crippen LogP contribution >= 0.6 is 23.6 Å². The number of carbonyl (C=O) groups excluding carboxylic acids is 1. The minimum absolute atomic E-state index is 0.110. The Morgan fingerprint density at radius 1 is 1.38 bits per heavy atom. The molecule has 9 heteroatoms. The summed E-state index contributed by atoms with van der Waals surface area (Å²) in [6.07, 6.45) is 3.08. The van der Waals surface area contributed by atoms with Gasteiger partial charge in [-0.1, -0.05) is 41.7 Å². The summed E-state index contributed by atoms with van der Waals surface area (Å²) in [7, 11) is 0. The van der Waals surface area contributed by atoms with Crippen molar-refractivity contribution in [3.63, 3.8) is 0 Å². The first kappa shape index (κ1) is 21.1. The maximum Gasteiger partial charge on any atom is 0.273 e. The smallest absolute Gasteiger partial charge is 0.273 e. The van der Waals surface area contributed by atoms with Gasteiger partial charge in [0.25, 0.3) is 5.56 Å². The molecule has 3 rings (SSSR count). The summed E-state index contributed by atoms with van der Waals surface area (Å²) in [5.41, 5.74) is 2.25. The van der Waals surface area contributed by atoms with E-state index in [0.29, 0.717) is 40.6 Å². The van der Waals surface area contributed by atoms with Gasteiger partial charge in [-0.3, -0.25) is 14.2 Å². The Balaban J connectivity index is 1.72. The number of aromatic nitrogens is 3. The van der Waals surface area contributed by atoms with Crippen LogP contribution in [-0.2, 0) is 35.8 Å². The highest BCUT2D eigenvalue weighted by atomic mass is 32.1. The lowest BCUT2D eigenvalue weighted by Crippen LogP contribution is -2.32. The number of carbonyl (C=O) groups is 1. The van der Waals surface area contributed by atoms with Crippen LogP contribution in [-0.4, -0.2) is 26.6 Å². The predicted octanol–water partition coefficient (Wildman–Crippen LogP) is 3.03. The van der Waals surface area contributed by atoms with Gasteiger partial charge in [-0.25, -0.2) is 4.98 Å². The lowest BCUT2D eigenvalue weighted by molar-refractivity contribution is -0.121. The van der Waals surface area contributed by atoms with Gasteiger partial charge in [0.1, 0.15) is 17.6 Å². The molecule has 1 aromatic carbocycles. The van der Waals surface area contributed by atoms with Crippen LogP contribution in [0.15, 0.2) is 48.0 Å². The maximum absolute atomic E-state index is 12.7. The fourth-order valence-corrected chi connectivity index (χ4v) is 4.18. The van der Waals surface area contributed by atoms with Crippen molar-refractivity contribution < 1.29 is 9.53 Å². The third kappa shape index (κ3) is 4.87. The molecule has 0 atom stereocenters. The van der Waals surface area contributed by atoms with Gasteiger partial charge in [-0.2, -0.15) is 0 Å². The Morgan fingerprint density at radius 2 is 2.14 bits per heavy atom. The average Bonchev–Trinajstić information content (AvgIpc) is 3.04. The van der Waals surface area contributed by atoms with Gasteiger partial charge in [0.05, 0.1) is 6.61 Å². The molecule has 0 fully saturated rings. The molecule has 0 aliphatic heterocycles. The average molecular weight is 431 g/mol. The molecule has 3 aromatic rings. The van der Waals surface area contributed by atoms with Crippen molar-refractivity contribution in [2.75, 3.05) is 6.61 Å². The Labute approximate surface area is 177 Å². The predicted molar refractivity (Wildman–Crippen MR) is 117 cm³/mol. The van der Waals surface area contributed by atoms with E-state index in [-0.39, 0.29) is 18.0 Å². The van der Waals surface area contributed by atoms with Crippen molar-refractivity contribution in [2.45, 2.75) is 33.2 Å². The Hall–Kier alpha value is -2.62. The van der Waals surface area contributed by atoms with Crippen LogP contribution < -0.4 is 10.9 Å².